The van der Waals surface area contributed by atoms with Crippen LogP contribution in [0.1, 0.15) is 33.6 Å². The molecule has 1 saturated heterocycles. The quantitative estimate of drug-likeness (QED) is 0.693. The molecule has 0 aromatic carbocycles. The summed E-state index contributed by atoms with van der Waals surface area (Å²) < 4.78 is 22.2. The highest BCUT2D eigenvalue weighted by molar-refractivity contribution is 7.92. The summed E-state index contributed by atoms with van der Waals surface area (Å²) >= 11 is 0. The molecule has 1 aliphatic heterocycles. The van der Waals surface area contributed by atoms with Crippen molar-refractivity contribution in [3.05, 3.63) is 0 Å². The van der Waals surface area contributed by atoms with Crippen molar-refractivity contribution in [1.29, 1.82) is 0 Å². The topological polar surface area (TPSA) is 83.6 Å². The number of likely N-dealkylation sites (tertiary alicyclic amines) is 1. The van der Waals surface area contributed by atoms with E-state index < -0.39 is 20.6 Å². The minimum absolute atomic E-state index is 0.110. The summed E-state index contributed by atoms with van der Waals surface area (Å²) in [5.41, 5.74) is 0. The summed E-state index contributed by atoms with van der Waals surface area (Å²) in [7, 11) is -3.22. The smallest absolute Gasteiger partial charge is 0.246 e. The maximum absolute atomic E-state index is 12.0. The van der Waals surface area contributed by atoms with Gasteiger partial charge in [-0.3, -0.25) is 14.5 Å². The van der Waals surface area contributed by atoms with Gasteiger partial charge in [0.1, 0.15) is 0 Å². The van der Waals surface area contributed by atoms with Crippen LogP contribution >= 0.6 is 0 Å². The molecular formula is C12H22N2O4S. The third-order valence-corrected chi connectivity index (χ3v) is 5.62. The second-order valence-electron chi connectivity index (χ2n) is 5.55. The Morgan fingerprint density at radius 2 is 1.95 bits per heavy atom. The number of rotatable bonds is 6. The van der Waals surface area contributed by atoms with Crippen molar-refractivity contribution in [2.24, 2.45) is 0 Å². The first-order valence-electron chi connectivity index (χ1n) is 6.37. The van der Waals surface area contributed by atoms with E-state index in [1.807, 2.05) is 6.92 Å². The molecular weight excluding hydrogens is 268 g/mol. The molecule has 1 atom stereocenters. The van der Waals surface area contributed by atoms with Crippen molar-refractivity contribution in [2.75, 3.05) is 19.3 Å². The van der Waals surface area contributed by atoms with Gasteiger partial charge in [0, 0.05) is 19.3 Å². The van der Waals surface area contributed by atoms with Crippen LogP contribution in [0.15, 0.2) is 0 Å². The van der Waals surface area contributed by atoms with Gasteiger partial charge in [-0.05, 0) is 20.3 Å². The number of carbonyl (C=O) groups excluding carboxylic acids is 2. The molecule has 19 heavy (non-hydrogen) atoms. The number of nitrogens with zero attached hydrogens (tertiary/aromatic N) is 1. The lowest BCUT2D eigenvalue weighted by atomic mass is 10.1. The summed E-state index contributed by atoms with van der Waals surface area (Å²) in [5, 5.41) is 2.91. The van der Waals surface area contributed by atoms with Crippen LogP contribution in [0, 0.1) is 0 Å². The van der Waals surface area contributed by atoms with Gasteiger partial charge in [-0.2, -0.15) is 0 Å². The first kappa shape index (κ1) is 16.1. The standard InChI is InChI=1S/C12H22N2O4S/c1-5-6-14-10(15)7-9(11(14)16)13-8-12(2,3)19(4,17)18/h9,13H,5-8H2,1-4H3. The fourth-order valence-corrected chi connectivity index (χ4v) is 2.15. The van der Waals surface area contributed by atoms with Crippen LogP contribution in [0.2, 0.25) is 0 Å². The van der Waals surface area contributed by atoms with Crippen LogP contribution < -0.4 is 5.32 Å². The lowest BCUT2D eigenvalue weighted by Gasteiger charge is -2.24. The number of carbonyl (C=O) groups is 2. The predicted molar refractivity (Wildman–Crippen MR) is 72.3 cm³/mol. The lowest BCUT2D eigenvalue weighted by molar-refractivity contribution is -0.138. The zero-order valence-corrected chi connectivity index (χ0v) is 12.7. The van der Waals surface area contributed by atoms with Gasteiger partial charge in [0.15, 0.2) is 9.84 Å². The van der Waals surface area contributed by atoms with Gasteiger partial charge in [0.05, 0.1) is 17.2 Å². The van der Waals surface area contributed by atoms with E-state index in [9.17, 15) is 18.0 Å². The molecule has 6 nitrogen and oxygen atoms in total. The maximum atomic E-state index is 12.0. The molecule has 1 N–H and O–H groups in total. The van der Waals surface area contributed by atoms with Crippen LogP contribution in [0.25, 0.3) is 0 Å². The first-order valence-corrected chi connectivity index (χ1v) is 8.26. The average Bonchev–Trinajstić information content (AvgIpc) is 2.53. The monoisotopic (exact) mass is 290 g/mol. The number of hydrogen-bond acceptors (Lipinski definition) is 5. The van der Waals surface area contributed by atoms with E-state index in [4.69, 9.17) is 0 Å². The summed E-state index contributed by atoms with van der Waals surface area (Å²) in [6, 6.07) is -0.597. The van der Waals surface area contributed by atoms with Crippen LogP contribution in [-0.2, 0) is 19.4 Å². The van der Waals surface area contributed by atoms with Crippen molar-refractivity contribution in [3.8, 4) is 0 Å². The number of hydrogen-bond donors (Lipinski definition) is 1. The molecule has 1 unspecified atom stereocenters. The molecule has 1 heterocycles. The van der Waals surface area contributed by atoms with Crippen LogP contribution in [-0.4, -0.2) is 55.3 Å². The molecule has 1 fully saturated rings. The molecule has 0 radical (unpaired) electrons. The zero-order chi connectivity index (χ0) is 14.8. The van der Waals surface area contributed by atoms with Gasteiger partial charge in [-0.25, -0.2) is 8.42 Å². The second kappa shape index (κ2) is 5.58. The van der Waals surface area contributed by atoms with Crippen molar-refractivity contribution in [3.63, 3.8) is 0 Å². The fourth-order valence-electron chi connectivity index (χ4n) is 1.80. The number of sulfone groups is 1. The van der Waals surface area contributed by atoms with Crippen molar-refractivity contribution in [2.45, 2.75) is 44.4 Å². The van der Waals surface area contributed by atoms with Gasteiger partial charge in [-0.15, -0.1) is 0 Å². The van der Waals surface area contributed by atoms with Crippen LogP contribution in [0.3, 0.4) is 0 Å². The molecule has 0 aromatic rings. The summed E-state index contributed by atoms with van der Waals surface area (Å²) in [6.45, 7) is 5.66. The average molecular weight is 290 g/mol. The second-order valence-corrected chi connectivity index (χ2v) is 8.20. The van der Waals surface area contributed by atoms with E-state index in [-0.39, 0.29) is 24.8 Å². The number of imide groups is 1. The predicted octanol–water partition coefficient (Wildman–Crippen LogP) is -0.0633. The van der Waals surface area contributed by atoms with E-state index in [0.29, 0.717) is 6.54 Å². The molecule has 0 spiro atoms. The molecule has 0 saturated carbocycles. The minimum Gasteiger partial charge on any atom is -0.304 e. The number of amides is 2. The Morgan fingerprint density at radius 3 is 2.42 bits per heavy atom. The molecule has 1 rings (SSSR count). The third kappa shape index (κ3) is 3.54. The van der Waals surface area contributed by atoms with Gasteiger partial charge in [0.2, 0.25) is 11.8 Å². The molecule has 2 amide bonds. The van der Waals surface area contributed by atoms with E-state index in [2.05, 4.69) is 5.32 Å². The molecule has 110 valence electrons. The highest BCUT2D eigenvalue weighted by Gasteiger charge is 2.39. The Bertz CT molecular complexity index is 470. The Balaban J connectivity index is 2.66. The zero-order valence-electron chi connectivity index (χ0n) is 11.9. The lowest BCUT2D eigenvalue weighted by Crippen LogP contribution is -2.47. The van der Waals surface area contributed by atoms with E-state index in [1.165, 1.54) is 11.2 Å². The van der Waals surface area contributed by atoms with Gasteiger partial charge in [0.25, 0.3) is 0 Å². The molecule has 7 heteroatoms. The van der Waals surface area contributed by atoms with Crippen molar-refractivity contribution in [1.82, 2.24) is 10.2 Å². The normalized spacial score (nSPS) is 21.3. The number of nitrogens with one attached hydrogen (secondary N) is 1. The Kier molecular flexibility index (Phi) is 4.73. The molecule has 0 aliphatic carbocycles. The van der Waals surface area contributed by atoms with Crippen molar-refractivity contribution >= 4 is 21.7 Å². The van der Waals surface area contributed by atoms with Gasteiger partial charge < -0.3 is 5.32 Å². The summed E-state index contributed by atoms with van der Waals surface area (Å²) in [4.78, 5) is 24.9. The molecule has 0 aromatic heterocycles. The molecule has 0 bridgehead atoms. The fraction of sp³-hybridized carbons (Fsp3) is 0.833. The SMILES string of the molecule is CCCN1C(=O)CC(NCC(C)(C)S(C)(=O)=O)C1=O. The Hall–Kier alpha value is -0.950. The largest absolute Gasteiger partial charge is 0.304 e. The highest BCUT2D eigenvalue weighted by Crippen LogP contribution is 2.17. The van der Waals surface area contributed by atoms with E-state index >= 15 is 0 Å². The summed E-state index contributed by atoms with van der Waals surface area (Å²) in [6.07, 6.45) is 2.00. The van der Waals surface area contributed by atoms with E-state index in [0.717, 1.165) is 6.42 Å². The Labute approximate surface area is 114 Å². The Morgan fingerprint density at radius 1 is 1.37 bits per heavy atom. The van der Waals surface area contributed by atoms with Crippen LogP contribution in [0.4, 0.5) is 0 Å². The third-order valence-electron chi connectivity index (χ3n) is 3.47. The van der Waals surface area contributed by atoms with Crippen LogP contribution in [0.5, 0.6) is 0 Å². The van der Waals surface area contributed by atoms with Crippen molar-refractivity contribution < 1.29 is 18.0 Å². The van der Waals surface area contributed by atoms with E-state index in [1.54, 1.807) is 13.8 Å². The maximum Gasteiger partial charge on any atom is 0.246 e. The first-order chi connectivity index (χ1) is 8.60. The van der Waals surface area contributed by atoms with Gasteiger partial charge in [-0.1, -0.05) is 6.92 Å². The minimum atomic E-state index is -3.22. The summed E-state index contributed by atoms with van der Waals surface area (Å²) in [5.74, 6) is -0.447. The van der Waals surface area contributed by atoms with Gasteiger partial charge >= 0.3 is 0 Å². The highest BCUT2D eigenvalue weighted by atomic mass is 32.2. The molecule has 1 aliphatic rings.